The van der Waals surface area contributed by atoms with Crippen molar-refractivity contribution in [1.29, 1.82) is 10.5 Å². The minimum atomic E-state index is -0.866. The lowest BCUT2D eigenvalue weighted by atomic mass is 9.84. The van der Waals surface area contributed by atoms with Gasteiger partial charge in [-0.15, -0.1) is 0 Å². The van der Waals surface area contributed by atoms with Gasteiger partial charge in [0.05, 0.1) is 22.2 Å². The van der Waals surface area contributed by atoms with Gasteiger partial charge in [-0.05, 0) is 17.7 Å². The van der Waals surface area contributed by atoms with Crippen molar-refractivity contribution in [3.63, 3.8) is 0 Å². The van der Waals surface area contributed by atoms with E-state index in [1.54, 1.807) is 29.2 Å². The van der Waals surface area contributed by atoms with E-state index in [-0.39, 0.29) is 22.8 Å². The number of hydrogen-bond acceptors (Lipinski definition) is 9. The van der Waals surface area contributed by atoms with Gasteiger partial charge in [-0.1, -0.05) is 12.1 Å². The zero-order valence-electron chi connectivity index (χ0n) is 14.5. The number of nitrogens with two attached hydrogens (primary N) is 2. The first-order chi connectivity index (χ1) is 13.5. The molecule has 2 aliphatic rings. The number of nitrogens with zero attached hydrogens (tertiary/aromatic N) is 5. The number of nitrogens with one attached hydrogen (secondary N) is 1. The lowest BCUT2D eigenvalue weighted by Gasteiger charge is -2.31. The molecule has 138 valence electrons. The third-order valence-corrected chi connectivity index (χ3v) is 4.92. The summed E-state index contributed by atoms with van der Waals surface area (Å²) in [5.74, 6) is -0.153. The van der Waals surface area contributed by atoms with Crippen LogP contribution in [-0.4, -0.2) is 23.0 Å². The summed E-state index contributed by atoms with van der Waals surface area (Å²) in [6.45, 7) is 0.950. The number of pyridine rings is 1. The maximum absolute atomic E-state index is 12.0. The molecule has 10 nitrogen and oxygen atoms in total. The molecule has 2 aromatic rings. The minimum absolute atomic E-state index is 0.00398. The topological polar surface area (TPSA) is 171 Å². The van der Waals surface area contributed by atoms with Crippen LogP contribution in [0.25, 0.3) is 0 Å². The van der Waals surface area contributed by atoms with Crippen molar-refractivity contribution in [1.82, 2.24) is 10.3 Å². The number of allylic oxidation sites excluding steroid dienone is 1. The minimum Gasteiger partial charge on any atom is -0.397 e. The van der Waals surface area contributed by atoms with Gasteiger partial charge in [0.15, 0.2) is 5.82 Å². The molecule has 5 N–H and O–H groups in total. The molecular formula is C18H14N8O2. The second kappa shape index (κ2) is 6.14. The Kier molecular flexibility index (Phi) is 3.76. The van der Waals surface area contributed by atoms with Crippen LogP contribution in [0.2, 0.25) is 0 Å². The highest BCUT2D eigenvalue weighted by Crippen LogP contribution is 2.48. The maximum atomic E-state index is 12.0. The van der Waals surface area contributed by atoms with Crippen LogP contribution in [0.1, 0.15) is 28.2 Å². The van der Waals surface area contributed by atoms with E-state index >= 15 is 0 Å². The Morgan fingerprint density at radius 2 is 1.96 bits per heavy atom. The van der Waals surface area contributed by atoms with Gasteiger partial charge in [-0.3, -0.25) is 10.1 Å². The van der Waals surface area contributed by atoms with Gasteiger partial charge < -0.3 is 21.7 Å². The third-order valence-electron chi connectivity index (χ3n) is 4.92. The van der Waals surface area contributed by atoms with Crippen molar-refractivity contribution < 1.29 is 4.92 Å². The Morgan fingerprint density at radius 3 is 2.57 bits per heavy atom. The van der Waals surface area contributed by atoms with Crippen molar-refractivity contribution in [3.8, 4) is 12.1 Å². The molecule has 3 heterocycles. The first-order valence-electron chi connectivity index (χ1n) is 8.36. The van der Waals surface area contributed by atoms with Crippen LogP contribution in [0.4, 0.5) is 17.3 Å². The summed E-state index contributed by atoms with van der Waals surface area (Å²) in [5, 5.41) is 33.5. The second-order valence-corrected chi connectivity index (χ2v) is 6.37. The summed E-state index contributed by atoms with van der Waals surface area (Å²) in [7, 11) is 0. The fourth-order valence-corrected chi connectivity index (χ4v) is 3.71. The molecule has 0 bridgehead atoms. The quantitative estimate of drug-likeness (QED) is 0.512. The number of nitriles is 2. The van der Waals surface area contributed by atoms with E-state index in [9.17, 15) is 15.4 Å². The molecule has 0 aliphatic carbocycles. The Morgan fingerprint density at radius 1 is 1.25 bits per heavy atom. The Bertz CT molecular complexity index is 1120. The van der Waals surface area contributed by atoms with Crippen molar-refractivity contribution in [3.05, 3.63) is 68.2 Å². The summed E-state index contributed by atoms with van der Waals surface area (Å²) in [5.41, 5.74) is 13.5. The molecule has 1 atom stereocenters. The summed E-state index contributed by atoms with van der Waals surface area (Å²) >= 11 is 0. The van der Waals surface area contributed by atoms with Crippen LogP contribution in [0, 0.1) is 32.8 Å². The van der Waals surface area contributed by atoms with E-state index in [0.29, 0.717) is 41.4 Å². The molecule has 1 aromatic carbocycles. The van der Waals surface area contributed by atoms with E-state index in [2.05, 4.69) is 10.3 Å². The summed E-state index contributed by atoms with van der Waals surface area (Å²) in [4.78, 5) is 17.6. The molecule has 0 spiro atoms. The maximum Gasteiger partial charge on any atom is 0.298 e. The van der Waals surface area contributed by atoms with Gasteiger partial charge >= 0.3 is 0 Å². The highest BCUT2D eigenvalue weighted by atomic mass is 16.6. The van der Waals surface area contributed by atoms with Crippen LogP contribution >= 0.6 is 0 Å². The van der Waals surface area contributed by atoms with Crippen LogP contribution in [0.15, 0.2) is 35.8 Å². The fourth-order valence-electron chi connectivity index (χ4n) is 3.71. The standard InChI is InChI=1S/C18H14N8O2/c19-7-9-1-3-10(4-2-9)12-13-14(21)11(8-20)16(22)24-17(13)25-6-5-23-18(25)15(12)26(27)28/h1-4,12,23H,5-6H2,(H4,21,22,24). The highest BCUT2D eigenvalue weighted by molar-refractivity contribution is 5.80. The van der Waals surface area contributed by atoms with Crippen LogP contribution in [-0.2, 0) is 0 Å². The molecule has 1 unspecified atom stereocenters. The summed E-state index contributed by atoms with van der Waals surface area (Å²) < 4.78 is 0. The molecule has 0 radical (unpaired) electrons. The molecule has 2 aliphatic heterocycles. The Hall–Kier alpha value is -4.31. The van der Waals surface area contributed by atoms with E-state index in [0.717, 1.165) is 0 Å². The number of nitrogen functional groups attached to an aromatic ring is 2. The Labute approximate surface area is 159 Å². The monoisotopic (exact) mass is 374 g/mol. The predicted molar refractivity (Wildman–Crippen MR) is 100 cm³/mol. The van der Waals surface area contributed by atoms with Crippen molar-refractivity contribution >= 4 is 17.3 Å². The van der Waals surface area contributed by atoms with Crippen LogP contribution in [0.3, 0.4) is 0 Å². The lowest BCUT2D eigenvalue weighted by Crippen LogP contribution is -2.34. The number of anilines is 3. The highest BCUT2D eigenvalue weighted by Gasteiger charge is 2.45. The van der Waals surface area contributed by atoms with Crippen molar-refractivity contribution in [2.75, 3.05) is 29.5 Å². The predicted octanol–water partition coefficient (Wildman–Crippen LogP) is 0.990. The molecule has 1 aromatic heterocycles. The van der Waals surface area contributed by atoms with Gasteiger partial charge in [0.1, 0.15) is 29.2 Å². The molecule has 1 fully saturated rings. The number of nitro groups is 1. The average molecular weight is 374 g/mol. The van der Waals surface area contributed by atoms with Crippen LogP contribution < -0.4 is 21.7 Å². The second-order valence-electron chi connectivity index (χ2n) is 6.37. The number of aromatic nitrogens is 1. The third kappa shape index (κ3) is 2.29. The fraction of sp³-hybridized carbons (Fsp3) is 0.167. The number of rotatable bonds is 2. The smallest absolute Gasteiger partial charge is 0.298 e. The summed E-state index contributed by atoms with van der Waals surface area (Å²) in [6, 6.07) is 10.4. The molecule has 28 heavy (non-hydrogen) atoms. The first-order valence-corrected chi connectivity index (χ1v) is 8.36. The van der Waals surface area contributed by atoms with Crippen molar-refractivity contribution in [2.45, 2.75) is 5.92 Å². The molecule has 0 amide bonds. The number of benzene rings is 1. The van der Waals surface area contributed by atoms with Gasteiger partial charge in [0.25, 0.3) is 5.70 Å². The number of hydrogen-bond donors (Lipinski definition) is 3. The first kappa shape index (κ1) is 17.1. The van der Waals surface area contributed by atoms with E-state index in [4.69, 9.17) is 16.7 Å². The SMILES string of the molecule is N#Cc1ccc(C2C([N+](=O)[O-])=C3NCCN3c3nc(N)c(C#N)c(N)c32)cc1. The molecule has 10 heteroatoms. The van der Waals surface area contributed by atoms with E-state index in [1.165, 1.54) is 0 Å². The lowest BCUT2D eigenvalue weighted by molar-refractivity contribution is -0.430. The normalized spacial score (nSPS) is 17.2. The zero-order chi connectivity index (χ0) is 20.0. The van der Waals surface area contributed by atoms with E-state index in [1.807, 2.05) is 12.1 Å². The molecular weight excluding hydrogens is 360 g/mol. The summed E-state index contributed by atoms with van der Waals surface area (Å²) in [6.07, 6.45) is 0. The van der Waals surface area contributed by atoms with Gasteiger partial charge in [-0.2, -0.15) is 10.5 Å². The molecule has 4 rings (SSSR count). The van der Waals surface area contributed by atoms with Crippen LogP contribution in [0.5, 0.6) is 0 Å². The van der Waals surface area contributed by atoms with Gasteiger partial charge in [0.2, 0.25) is 0 Å². The van der Waals surface area contributed by atoms with Gasteiger partial charge in [0, 0.05) is 18.7 Å². The molecule has 1 saturated heterocycles. The number of fused-ring (bicyclic) bond motifs is 3. The van der Waals surface area contributed by atoms with Crippen molar-refractivity contribution in [2.24, 2.45) is 0 Å². The zero-order valence-corrected chi connectivity index (χ0v) is 14.5. The average Bonchev–Trinajstić information content (AvgIpc) is 3.17. The largest absolute Gasteiger partial charge is 0.397 e. The van der Waals surface area contributed by atoms with E-state index < -0.39 is 10.8 Å². The Balaban J connectivity index is 2.06. The molecule has 0 saturated carbocycles. The van der Waals surface area contributed by atoms with Gasteiger partial charge in [-0.25, -0.2) is 4.98 Å².